The zero-order valence-electron chi connectivity index (χ0n) is 12.6. The summed E-state index contributed by atoms with van der Waals surface area (Å²) in [7, 11) is -2.06. The van der Waals surface area contributed by atoms with Crippen LogP contribution in [0.3, 0.4) is 0 Å². The number of fused-ring (bicyclic) bond motifs is 2. The second-order valence-electron chi connectivity index (χ2n) is 6.91. The molecule has 20 heavy (non-hydrogen) atoms. The maximum Gasteiger partial charge on any atom is 0.192 e. The minimum absolute atomic E-state index is 0.0248. The Morgan fingerprint density at radius 2 is 2.05 bits per heavy atom. The van der Waals surface area contributed by atoms with Gasteiger partial charge in [0.1, 0.15) is 18.2 Å². The second-order valence-corrected chi connectivity index (χ2v) is 11.7. The topological polar surface area (TPSA) is 96.7 Å². The van der Waals surface area contributed by atoms with Crippen LogP contribution >= 0.6 is 0 Å². The Bertz CT molecular complexity index is 419. The fraction of sp³-hybridized carbons (Fsp3) is 1.00. The third kappa shape index (κ3) is 2.72. The number of azide groups is 1. The highest BCUT2D eigenvalue weighted by Gasteiger charge is 2.53. The Morgan fingerprint density at radius 1 is 1.40 bits per heavy atom. The van der Waals surface area contributed by atoms with Gasteiger partial charge in [0.05, 0.1) is 12.7 Å². The summed E-state index contributed by atoms with van der Waals surface area (Å²) in [6, 6.07) is -0.756. The van der Waals surface area contributed by atoms with E-state index in [0.29, 0.717) is 6.61 Å². The molecular weight excluding hydrogens is 278 g/mol. The summed E-state index contributed by atoms with van der Waals surface area (Å²) in [5.74, 6) is 0. The molecule has 2 aliphatic heterocycles. The van der Waals surface area contributed by atoms with Gasteiger partial charge >= 0.3 is 0 Å². The second kappa shape index (κ2) is 5.29. The number of aliphatic hydroxyl groups is 1. The summed E-state index contributed by atoms with van der Waals surface area (Å²) in [6.07, 6.45) is -2.36. The van der Waals surface area contributed by atoms with Crippen molar-refractivity contribution in [3.8, 4) is 0 Å². The van der Waals surface area contributed by atoms with Crippen molar-refractivity contribution in [2.24, 2.45) is 5.11 Å². The Balaban J connectivity index is 2.20. The lowest BCUT2D eigenvalue weighted by Crippen LogP contribution is -2.58. The quantitative estimate of drug-likeness (QED) is 0.374. The van der Waals surface area contributed by atoms with Gasteiger partial charge in [0.2, 0.25) is 0 Å². The molecule has 2 heterocycles. The van der Waals surface area contributed by atoms with Gasteiger partial charge in [0.25, 0.3) is 0 Å². The van der Waals surface area contributed by atoms with Crippen molar-refractivity contribution in [1.29, 1.82) is 0 Å². The van der Waals surface area contributed by atoms with Crippen molar-refractivity contribution in [3.05, 3.63) is 10.4 Å². The SMILES string of the molecule is CC(C)(C)[Si](C)(C)OC1C2CO[C@H](O2)C(N=[N+]=[N-])C1O. The van der Waals surface area contributed by atoms with Crippen molar-refractivity contribution < 1.29 is 19.0 Å². The Morgan fingerprint density at radius 3 is 2.60 bits per heavy atom. The number of nitrogens with zero attached hydrogens (tertiary/aromatic N) is 3. The van der Waals surface area contributed by atoms with E-state index in [1.165, 1.54) is 0 Å². The lowest BCUT2D eigenvalue weighted by molar-refractivity contribution is -0.173. The van der Waals surface area contributed by atoms with Gasteiger partial charge in [-0.05, 0) is 23.7 Å². The number of hydrogen-bond acceptors (Lipinski definition) is 5. The molecule has 2 fully saturated rings. The predicted molar refractivity (Wildman–Crippen MR) is 75.6 cm³/mol. The van der Waals surface area contributed by atoms with E-state index in [1.807, 2.05) is 0 Å². The van der Waals surface area contributed by atoms with Gasteiger partial charge < -0.3 is 19.0 Å². The highest BCUT2D eigenvalue weighted by molar-refractivity contribution is 6.74. The predicted octanol–water partition coefficient (Wildman–Crippen LogP) is 2.17. The highest BCUT2D eigenvalue weighted by Crippen LogP contribution is 2.41. The lowest BCUT2D eigenvalue weighted by atomic mass is 10.00. The fourth-order valence-electron chi connectivity index (χ4n) is 2.21. The Kier molecular flexibility index (Phi) is 4.16. The highest BCUT2D eigenvalue weighted by atomic mass is 28.4. The summed E-state index contributed by atoms with van der Waals surface area (Å²) >= 11 is 0. The average Bonchev–Trinajstić information content (AvgIpc) is 2.75. The zero-order valence-corrected chi connectivity index (χ0v) is 13.6. The van der Waals surface area contributed by atoms with Crippen LogP contribution in [0.2, 0.25) is 18.1 Å². The molecule has 114 valence electrons. The fourth-order valence-corrected chi connectivity index (χ4v) is 3.54. The zero-order chi connectivity index (χ0) is 15.1. The number of ether oxygens (including phenoxy) is 2. The summed E-state index contributed by atoms with van der Waals surface area (Å²) in [5, 5.41) is 14.1. The van der Waals surface area contributed by atoms with Crippen molar-refractivity contribution in [2.45, 2.75) is 69.5 Å². The molecule has 4 unspecified atom stereocenters. The van der Waals surface area contributed by atoms with E-state index < -0.39 is 32.9 Å². The van der Waals surface area contributed by atoms with Crippen LogP contribution in [0.15, 0.2) is 5.11 Å². The molecule has 1 N–H and O–H groups in total. The van der Waals surface area contributed by atoms with Crippen molar-refractivity contribution in [2.75, 3.05) is 6.61 Å². The number of rotatable bonds is 3. The number of aliphatic hydroxyl groups excluding tert-OH is 1. The van der Waals surface area contributed by atoms with Crippen LogP contribution in [0.4, 0.5) is 0 Å². The normalized spacial score (nSPS) is 37.6. The molecule has 2 rings (SSSR count). The molecule has 2 saturated heterocycles. The van der Waals surface area contributed by atoms with Gasteiger partial charge in [-0.1, -0.05) is 25.9 Å². The molecule has 0 aromatic rings. The van der Waals surface area contributed by atoms with Gasteiger partial charge in [-0.25, -0.2) is 0 Å². The summed E-state index contributed by atoms with van der Waals surface area (Å²) in [6.45, 7) is 11.0. The molecule has 2 bridgehead atoms. The minimum Gasteiger partial charge on any atom is -0.409 e. The molecule has 0 radical (unpaired) electrons. The van der Waals surface area contributed by atoms with Crippen LogP contribution < -0.4 is 0 Å². The summed E-state index contributed by atoms with van der Waals surface area (Å²) < 4.78 is 17.3. The monoisotopic (exact) mass is 301 g/mol. The maximum absolute atomic E-state index is 10.4. The van der Waals surface area contributed by atoms with Gasteiger partial charge in [-0.15, -0.1) is 0 Å². The summed E-state index contributed by atoms with van der Waals surface area (Å²) in [5.41, 5.74) is 8.62. The molecule has 0 aliphatic carbocycles. The average molecular weight is 301 g/mol. The smallest absolute Gasteiger partial charge is 0.192 e. The largest absolute Gasteiger partial charge is 0.409 e. The first kappa shape index (κ1) is 15.8. The standard InChI is InChI=1S/C12H23N3O4Si/c1-12(2,3)20(4,5)19-10-7-6-17-11(18-7)8(9(10)16)14-15-13/h7-11,16H,6H2,1-5H3/t7?,8?,9?,10?,11-/m1/s1. The first-order chi connectivity index (χ1) is 9.17. The molecule has 0 saturated carbocycles. The summed E-state index contributed by atoms with van der Waals surface area (Å²) in [4.78, 5) is 2.77. The molecule has 0 amide bonds. The molecule has 0 aromatic heterocycles. The Labute approximate surface area is 120 Å². The minimum atomic E-state index is -2.06. The van der Waals surface area contributed by atoms with Crippen LogP contribution in [0, 0.1) is 0 Å². The van der Waals surface area contributed by atoms with E-state index >= 15 is 0 Å². The number of hydrogen-bond donors (Lipinski definition) is 1. The van der Waals surface area contributed by atoms with Crippen LogP contribution in [0.25, 0.3) is 10.4 Å². The molecule has 7 nitrogen and oxygen atoms in total. The third-order valence-corrected chi connectivity index (χ3v) is 8.96. The van der Waals surface area contributed by atoms with Crippen molar-refractivity contribution in [1.82, 2.24) is 0 Å². The van der Waals surface area contributed by atoms with Crippen LogP contribution in [0.1, 0.15) is 20.8 Å². The van der Waals surface area contributed by atoms with Crippen molar-refractivity contribution in [3.63, 3.8) is 0 Å². The molecule has 8 heteroatoms. The molecule has 0 spiro atoms. The van der Waals surface area contributed by atoms with Crippen LogP contribution in [-0.4, -0.2) is 50.7 Å². The third-order valence-electron chi connectivity index (χ3n) is 4.49. The molecule has 0 aromatic carbocycles. The molecule has 5 atom stereocenters. The first-order valence-corrected chi connectivity index (χ1v) is 9.75. The van der Waals surface area contributed by atoms with E-state index in [-0.39, 0.29) is 11.1 Å². The molecule has 2 aliphatic rings. The van der Waals surface area contributed by atoms with E-state index in [4.69, 9.17) is 19.4 Å². The van der Waals surface area contributed by atoms with E-state index in [1.54, 1.807) is 0 Å². The van der Waals surface area contributed by atoms with Gasteiger partial charge in [0, 0.05) is 4.91 Å². The van der Waals surface area contributed by atoms with E-state index in [9.17, 15) is 5.11 Å². The lowest BCUT2D eigenvalue weighted by Gasteiger charge is -2.44. The van der Waals surface area contributed by atoms with Crippen LogP contribution in [-0.2, 0) is 13.9 Å². The van der Waals surface area contributed by atoms with E-state index in [2.05, 4.69) is 43.9 Å². The Hall–Kier alpha value is -0.633. The van der Waals surface area contributed by atoms with E-state index in [0.717, 1.165) is 0 Å². The first-order valence-electron chi connectivity index (χ1n) is 6.84. The van der Waals surface area contributed by atoms with Crippen LogP contribution in [0.5, 0.6) is 0 Å². The maximum atomic E-state index is 10.4. The van der Waals surface area contributed by atoms with Gasteiger partial charge in [-0.2, -0.15) is 0 Å². The van der Waals surface area contributed by atoms with Crippen molar-refractivity contribution >= 4 is 8.32 Å². The van der Waals surface area contributed by atoms with Gasteiger partial charge in [-0.3, -0.25) is 0 Å². The van der Waals surface area contributed by atoms with Gasteiger partial charge in [0.15, 0.2) is 14.6 Å². The molecular formula is C12H23N3O4Si.